The number of hydrogen-bond acceptors (Lipinski definition) is 4. The smallest absolute Gasteiger partial charge is 0.235 e. The molecule has 0 saturated heterocycles. The Hall–Kier alpha value is -9.26. The van der Waals surface area contributed by atoms with E-state index in [0.717, 1.165) is 111 Å². The van der Waals surface area contributed by atoms with Crippen LogP contribution in [0.15, 0.2) is 243 Å². The summed E-state index contributed by atoms with van der Waals surface area (Å²) in [5.74, 6) is 1.27. The first kappa shape index (κ1) is 39.1. The van der Waals surface area contributed by atoms with Gasteiger partial charge in [0.15, 0.2) is 0 Å². The average molecular weight is 869 g/mol. The van der Waals surface area contributed by atoms with Crippen LogP contribution in [0.4, 0.5) is 0 Å². The molecule has 0 bridgehead atoms. The number of para-hydroxylation sites is 2. The molecule has 0 saturated carbocycles. The molecule has 318 valence electrons. The third-order valence-corrected chi connectivity index (χ3v) is 13.0. The van der Waals surface area contributed by atoms with Gasteiger partial charge in [0.05, 0.1) is 44.8 Å². The topological polar surface area (TPSA) is 61.4 Å². The summed E-state index contributed by atoms with van der Waals surface area (Å²) < 4.78 is 4.43. The van der Waals surface area contributed by atoms with Crippen molar-refractivity contribution in [3.8, 4) is 79.2 Å². The van der Waals surface area contributed by atoms with Crippen molar-refractivity contribution in [1.29, 1.82) is 0 Å². The largest absolute Gasteiger partial charge is 0.278 e. The highest BCUT2D eigenvalue weighted by Gasteiger charge is 2.20. The Balaban J connectivity index is 0.903. The van der Waals surface area contributed by atoms with Gasteiger partial charge < -0.3 is 0 Å². The third-order valence-electron chi connectivity index (χ3n) is 13.0. The van der Waals surface area contributed by atoms with Crippen LogP contribution in [-0.4, -0.2) is 29.1 Å². The van der Waals surface area contributed by atoms with Crippen molar-refractivity contribution < 1.29 is 0 Å². The van der Waals surface area contributed by atoms with Crippen LogP contribution in [0.1, 0.15) is 0 Å². The molecule has 13 rings (SSSR count). The Kier molecular flexibility index (Phi) is 9.39. The lowest BCUT2D eigenvalue weighted by atomic mass is 9.98. The summed E-state index contributed by atoms with van der Waals surface area (Å²) >= 11 is 0. The van der Waals surface area contributed by atoms with Gasteiger partial charge in [-0.1, -0.05) is 200 Å². The average Bonchev–Trinajstić information content (AvgIpc) is 3.94. The van der Waals surface area contributed by atoms with Crippen LogP contribution in [-0.2, 0) is 0 Å². The molecule has 0 aliphatic rings. The van der Waals surface area contributed by atoms with Gasteiger partial charge in [-0.15, -0.1) is 0 Å². The minimum Gasteiger partial charge on any atom is -0.278 e. The predicted octanol–water partition coefficient (Wildman–Crippen LogP) is 15.5. The Morgan fingerprint density at radius 3 is 0.985 bits per heavy atom. The van der Waals surface area contributed by atoms with Gasteiger partial charge in [0.1, 0.15) is 0 Å². The zero-order chi connectivity index (χ0) is 45.0. The van der Waals surface area contributed by atoms with E-state index in [-0.39, 0.29) is 0 Å². The van der Waals surface area contributed by atoms with Gasteiger partial charge >= 0.3 is 0 Å². The highest BCUT2D eigenvalue weighted by Crippen LogP contribution is 2.38. The molecule has 68 heavy (non-hydrogen) atoms. The summed E-state index contributed by atoms with van der Waals surface area (Å²) in [5, 5.41) is 4.60. The van der Waals surface area contributed by atoms with E-state index in [1.165, 1.54) is 0 Å². The van der Waals surface area contributed by atoms with Crippen molar-refractivity contribution in [3.63, 3.8) is 0 Å². The van der Waals surface area contributed by atoms with E-state index in [0.29, 0.717) is 11.9 Å². The molecule has 0 aliphatic carbocycles. The standard InChI is InChI=1S/C62H40N6/c1-5-17-43(18-6-1)53-39-54(44-19-7-2-8-20-44)64-61(63-53)67-58-28-16-14-26-50(58)52-37-47(34-36-59(52)67)41-29-31-42(32-30-41)48-33-35-51-49-25-13-15-27-57(49)68(60(51)38-48)62-65-55(45-21-9-3-10-22-45)40-56(66-62)46-23-11-4-12-24-46/h1-40H. The zero-order valence-corrected chi connectivity index (χ0v) is 36.8. The Bertz CT molecular complexity index is 3880. The van der Waals surface area contributed by atoms with E-state index in [2.05, 4.69) is 228 Å². The molecule has 6 heteroatoms. The molecule has 4 heterocycles. The van der Waals surface area contributed by atoms with E-state index in [1.54, 1.807) is 0 Å². The van der Waals surface area contributed by atoms with Gasteiger partial charge in [0.2, 0.25) is 11.9 Å². The molecule has 0 radical (unpaired) electrons. The van der Waals surface area contributed by atoms with Gasteiger partial charge in [-0.25, -0.2) is 19.9 Å². The SMILES string of the molecule is c1ccc(-c2cc(-c3ccccc3)nc(-n3c4ccccc4c4cc(-c5ccc(-c6ccc7c8ccccc8n(-c8nc(-c9ccccc9)cc(-c9ccccc9)n8)c7c6)cc5)ccc43)n2)cc1. The van der Waals surface area contributed by atoms with Crippen molar-refractivity contribution in [3.05, 3.63) is 243 Å². The number of rotatable bonds is 8. The second-order valence-electron chi connectivity index (χ2n) is 17.1. The summed E-state index contributed by atoms with van der Waals surface area (Å²) in [5.41, 5.74) is 16.4. The summed E-state index contributed by atoms with van der Waals surface area (Å²) in [6.07, 6.45) is 0. The van der Waals surface area contributed by atoms with Gasteiger partial charge in [-0.3, -0.25) is 9.13 Å². The maximum atomic E-state index is 5.25. The quantitative estimate of drug-likeness (QED) is 0.153. The van der Waals surface area contributed by atoms with Gasteiger partial charge in [-0.05, 0) is 64.7 Å². The zero-order valence-electron chi connectivity index (χ0n) is 36.8. The molecule has 0 spiro atoms. The minimum absolute atomic E-state index is 0.632. The first-order valence-corrected chi connectivity index (χ1v) is 22.9. The Labute approximate surface area is 392 Å². The van der Waals surface area contributed by atoms with Crippen LogP contribution in [0.2, 0.25) is 0 Å². The Morgan fingerprint density at radius 2 is 0.529 bits per heavy atom. The Morgan fingerprint density at radius 1 is 0.206 bits per heavy atom. The fraction of sp³-hybridized carbons (Fsp3) is 0. The fourth-order valence-electron chi connectivity index (χ4n) is 9.68. The fourth-order valence-corrected chi connectivity index (χ4v) is 9.68. The van der Waals surface area contributed by atoms with Gasteiger partial charge in [0, 0.05) is 43.8 Å². The summed E-state index contributed by atoms with van der Waals surface area (Å²) in [6, 6.07) is 85.0. The van der Waals surface area contributed by atoms with Crippen LogP contribution in [0.5, 0.6) is 0 Å². The van der Waals surface area contributed by atoms with Crippen molar-refractivity contribution in [1.82, 2.24) is 29.1 Å². The highest BCUT2D eigenvalue weighted by molar-refractivity contribution is 6.11. The molecule has 6 nitrogen and oxygen atoms in total. The maximum absolute atomic E-state index is 5.25. The van der Waals surface area contributed by atoms with Crippen LogP contribution in [0.25, 0.3) is 123 Å². The molecule has 0 atom stereocenters. The predicted molar refractivity (Wildman–Crippen MR) is 279 cm³/mol. The molecule has 0 aliphatic heterocycles. The van der Waals surface area contributed by atoms with Crippen LogP contribution in [0.3, 0.4) is 0 Å². The summed E-state index contributed by atoms with van der Waals surface area (Å²) in [6.45, 7) is 0. The van der Waals surface area contributed by atoms with Crippen molar-refractivity contribution in [2.45, 2.75) is 0 Å². The number of fused-ring (bicyclic) bond motifs is 6. The normalized spacial score (nSPS) is 11.5. The van der Waals surface area contributed by atoms with Gasteiger partial charge in [-0.2, -0.15) is 0 Å². The van der Waals surface area contributed by atoms with Crippen molar-refractivity contribution >= 4 is 43.6 Å². The van der Waals surface area contributed by atoms with E-state index >= 15 is 0 Å². The van der Waals surface area contributed by atoms with E-state index in [1.807, 2.05) is 24.3 Å². The number of nitrogens with zero attached hydrogens (tertiary/aromatic N) is 6. The van der Waals surface area contributed by atoms with E-state index in [9.17, 15) is 0 Å². The highest BCUT2D eigenvalue weighted by atomic mass is 15.2. The lowest BCUT2D eigenvalue weighted by Gasteiger charge is -2.12. The number of hydrogen-bond donors (Lipinski definition) is 0. The molecule has 9 aromatic carbocycles. The molecular formula is C62H40N6. The molecule has 0 amide bonds. The molecule has 0 unspecified atom stereocenters. The second kappa shape index (κ2) is 16.3. The lowest BCUT2D eigenvalue weighted by Crippen LogP contribution is -2.04. The van der Waals surface area contributed by atoms with Crippen LogP contribution in [0, 0.1) is 0 Å². The first-order chi connectivity index (χ1) is 33.7. The molecular weight excluding hydrogens is 829 g/mol. The molecule has 0 N–H and O–H groups in total. The number of benzene rings is 9. The first-order valence-electron chi connectivity index (χ1n) is 22.9. The molecule has 4 aromatic heterocycles. The van der Waals surface area contributed by atoms with Crippen molar-refractivity contribution in [2.75, 3.05) is 0 Å². The summed E-state index contributed by atoms with van der Waals surface area (Å²) in [7, 11) is 0. The van der Waals surface area contributed by atoms with Crippen molar-refractivity contribution in [2.24, 2.45) is 0 Å². The lowest BCUT2D eigenvalue weighted by molar-refractivity contribution is 0.995. The minimum atomic E-state index is 0.632. The second-order valence-corrected chi connectivity index (χ2v) is 17.1. The molecule has 0 fully saturated rings. The van der Waals surface area contributed by atoms with Crippen LogP contribution >= 0.6 is 0 Å². The number of aromatic nitrogens is 6. The molecule has 13 aromatic rings. The third kappa shape index (κ3) is 6.82. The summed E-state index contributed by atoms with van der Waals surface area (Å²) in [4.78, 5) is 21.0. The van der Waals surface area contributed by atoms with Crippen LogP contribution < -0.4 is 0 Å². The maximum Gasteiger partial charge on any atom is 0.235 e. The monoisotopic (exact) mass is 868 g/mol. The van der Waals surface area contributed by atoms with E-state index in [4.69, 9.17) is 19.9 Å². The van der Waals surface area contributed by atoms with Gasteiger partial charge in [0.25, 0.3) is 0 Å². The van der Waals surface area contributed by atoms with E-state index < -0.39 is 0 Å².